The second kappa shape index (κ2) is 8.54. The summed E-state index contributed by atoms with van der Waals surface area (Å²) in [5.41, 5.74) is -0.0414. The summed E-state index contributed by atoms with van der Waals surface area (Å²) in [7, 11) is 0. The van der Waals surface area contributed by atoms with Crippen LogP contribution in [0.25, 0.3) is 21.5 Å². The van der Waals surface area contributed by atoms with Crippen LogP contribution in [0.5, 0.6) is 0 Å². The number of benzene rings is 3. The van der Waals surface area contributed by atoms with Crippen LogP contribution in [0.2, 0.25) is 0 Å². The summed E-state index contributed by atoms with van der Waals surface area (Å²) in [5.74, 6) is -1.20. The molecule has 4 nitrogen and oxygen atoms in total. The quantitative estimate of drug-likeness (QED) is 0.331. The van der Waals surface area contributed by atoms with E-state index in [0.29, 0.717) is 6.42 Å². The van der Waals surface area contributed by atoms with E-state index in [1.54, 1.807) is 6.92 Å². The molecule has 3 rings (SSSR count). The molecule has 0 aliphatic rings. The molecule has 0 heterocycles. The second-order valence-electron chi connectivity index (χ2n) is 7.75. The van der Waals surface area contributed by atoms with Gasteiger partial charge in [-0.3, -0.25) is 4.79 Å². The van der Waals surface area contributed by atoms with E-state index in [1.807, 2.05) is 45.0 Å². The topological polar surface area (TPSA) is 52.6 Å². The van der Waals surface area contributed by atoms with Gasteiger partial charge in [-0.15, -0.1) is 0 Å². The average Bonchev–Trinajstić information content (AvgIpc) is 2.69. The molecule has 0 spiro atoms. The van der Waals surface area contributed by atoms with Gasteiger partial charge in [-0.1, -0.05) is 50.2 Å². The number of carbonyl (C=O) groups excluding carboxylic acids is 2. The van der Waals surface area contributed by atoms with E-state index in [-0.39, 0.29) is 18.5 Å². The molecule has 5 heteroatoms. The van der Waals surface area contributed by atoms with Crippen molar-refractivity contribution in [3.8, 4) is 0 Å². The van der Waals surface area contributed by atoms with Crippen LogP contribution in [0.1, 0.15) is 39.7 Å². The fourth-order valence-electron chi connectivity index (χ4n) is 3.25. The molecule has 3 aromatic rings. The van der Waals surface area contributed by atoms with E-state index in [4.69, 9.17) is 9.47 Å². The lowest BCUT2D eigenvalue weighted by Crippen LogP contribution is -2.29. The summed E-state index contributed by atoms with van der Waals surface area (Å²) in [6, 6.07) is 16.5. The Morgan fingerprint density at radius 2 is 1.69 bits per heavy atom. The highest BCUT2D eigenvalue weighted by molar-refractivity contribution is 9.10. The van der Waals surface area contributed by atoms with Gasteiger partial charge < -0.3 is 9.47 Å². The number of esters is 2. The largest absolute Gasteiger partial charge is 0.453 e. The second-order valence-corrected chi connectivity index (χ2v) is 8.54. The number of carbonyl (C=O) groups is 2. The molecule has 0 fully saturated rings. The zero-order valence-electron chi connectivity index (χ0n) is 17.1. The molecule has 0 aliphatic heterocycles. The SMILES string of the molecule is CCC(C)C(=O)OCC(=O)OC(C)(C)c1ccc2cc3ccccc3cc2c1Br. The molecule has 0 saturated heterocycles. The number of hydrogen-bond donors (Lipinski definition) is 0. The van der Waals surface area contributed by atoms with Gasteiger partial charge >= 0.3 is 11.9 Å². The first-order valence-corrected chi connectivity index (χ1v) is 10.5. The monoisotopic (exact) mass is 456 g/mol. The van der Waals surface area contributed by atoms with Gasteiger partial charge in [0.2, 0.25) is 0 Å². The lowest BCUT2D eigenvalue weighted by atomic mass is 9.94. The van der Waals surface area contributed by atoms with Crippen LogP contribution in [-0.4, -0.2) is 18.5 Å². The van der Waals surface area contributed by atoms with Gasteiger partial charge in [-0.2, -0.15) is 0 Å². The number of fused-ring (bicyclic) bond motifs is 2. The Labute approximate surface area is 179 Å². The van der Waals surface area contributed by atoms with Gasteiger partial charge in [0.15, 0.2) is 6.61 Å². The van der Waals surface area contributed by atoms with Crippen LogP contribution >= 0.6 is 15.9 Å². The van der Waals surface area contributed by atoms with E-state index in [9.17, 15) is 9.59 Å². The van der Waals surface area contributed by atoms with E-state index in [0.717, 1.165) is 26.2 Å². The van der Waals surface area contributed by atoms with Crippen molar-refractivity contribution >= 4 is 49.4 Å². The van der Waals surface area contributed by atoms with Gasteiger partial charge in [-0.05, 0) is 69.9 Å². The zero-order valence-corrected chi connectivity index (χ0v) is 18.7. The van der Waals surface area contributed by atoms with Crippen LogP contribution in [-0.2, 0) is 24.7 Å². The molecule has 1 unspecified atom stereocenters. The van der Waals surface area contributed by atoms with Crippen molar-refractivity contribution in [2.75, 3.05) is 6.61 Å². The summed E-state index contributed by atoms with van der Waals surface area (Å²) in [6.07, 6.45) is 0.665. The molecule has 1 atom stereocenters. The van der Waals surface area contributed by atoms with Crippen LogP contribution in [0, 0.1) is 5.92 Å². The Balaban J connectivity index is 1.84. The van der Waals surface area contributed by atoms with Crippen molar-refractivity contribution in [2.45, 2.75) is 39.7 Å². The normalized spacial score (nSPS) is 12.7. The van der Waals surface area contributed by atoms with Crippen molar-refractivity contribution in [3.63, 3.8) is 0 Å². The summed E-state index contributed by atoms with van der Waals surface area (Å²) in [6.45, 7) is 6.94. The molecular formula is C24H25BrO4. The third kappa shape index (κ3) is 4.61. The van der Waals surface area contributed by atoms with Crippen LogP contribution < -0.4 is 0 Å². The molecule has 0 radical (unpaired) electrons. The third-order valence-electron chi connectivity index (χ3n) is 5.18. The minimum atomic E-state index is -0.890. The smallest absolute Gasteiger partial charge is 0.345 e. The van der Waals surface area contributed by atoms with Gasteiger partial charge in [0, 0.05) is 10.0 Å². The van der Waals surface area contributed by atoms with E-state index in [2.05, 4.69) is 40.2 Å². The summed E-state index contributed by atoms with van der Waals surface area (Å²) in [5, 5.41) is 4.47. The first-order valence-electron chi connectivity index (χ1n) is 9.73. The fraction of sp³-hybridized carbons (Fsp3) is 0.333. The summed E-state index contributed by atoms with van der Waals surface area (Å²) >= 11 is 3.71. The van der Waals surface area contributed by atoms with Crippen molar-refractivity contribution < 1.29 is 19.1 Å². The third-order valence-corrected chi connectivity index (χ3v) is 6.04. The van der Waals surface area contributed by atoms with Crippen molar-refractivity contribution in [1.82, 2.24) is 0 Å². The maximum atomic E-state index is 12.3. The van der Waals surface area contributed by atoms with Crippen molar-refractivity contribution in [1.29, 1.82) is 0 Å². The minimum absolute atomic E-state index is 0.236. The lowest BCUT2D eigenvalue weighted by Gasteiger charge is -2.27. The van der Waals surface area contributed by atoms with Gasteiger partial charge in [-0.25, -0.2) is 4.79 Å². The van der Waals surface area contributed by atoms with Crippen molar-refractivity contribution in [3.05, 3.63) is 58.6 Å². The van der Waals surface area contributed by atoms with Crippen LogP contribution in [0.3, 0.4) is 0 Å². The van der Waals surface area contributed by atoms with E-state index < -0.39 is 11.6 Å². The van der Waals surface area contributed by atoms with Gasteiger partial charge in [0.05, 0.1) is 5.92 Å². The fourth-order valence-corrected chi connectivity index (χ4v) is 4.20. The van der Waals surface area contributed by atoms with Gasteiger partial charge in [0.25, 0.3) is 0 Å². The number of hydrogen-bond acceptors (Lipinski definition) is 4. The first-order chi connectivity index (χ1) is 13.7. The molecule has 0 N–H and O–H groups in total. The average molecular weight is 457 g/mol. The van der Waals surface area contributed by atoms with Gasteiger partial charge in [0.1, 0.15) is 5.60 Å². The lowest BCUT2D eigenvalue weighted by molar-refractivity contribution is -0.170. The predicted octanol–water partition coefficient (Wildman–Crippen LogP) is 6.12. The number of halogens is 1. The van der Waals surface area contributed by atoms with Crippen LogP contribution in [0.4, 0.5) is 0 Å². The summed E-state index contributed by atoms with van der Waals surface area (Å²) in [4.78, 5) is 24.1. The standard InChI is InChI=1S/C24H25BrO4/c1-5-15(2)23(27)28-14-21(26)29-24(3,4)20-11-10-18-12-16-8-6-7-9-17(16)13-19(18)22(20)25/h6-13,15H,5,14H2,1-4H3. The molecule has 0 aromatic heterocycles. The summed E-state index contributed by atoms with van der Waals surface area (Å²) < 4.78 is 11.6. The molecule has 3 aromatic carbocycles. The number of rotatable bonds is 6. The minimum Gasteiger partial charge on any atom is -0.453 e. The Hall–Kier alpha value is -2.40. The van der Waals surface area contributed by atoms with E-state index >= 15 is 0 Å². The zero-order chi connectivity index (χ0) is 21.2. The Kier molecular flexibility index (Phi) is 6.27. The van der Waals surface area contributed by atoms with E-state index in [1.165, 1.54) is 5.39 Å². The molecule has 0 amide bonds. The maximum Gasteiger partial charge on any atom is 0.345 e. The van der Waals surface area contributed by atoms with Crippen molar-refractivity contribution in [2.24, 2.45) is 5.92 Å². The highest BCUT2D eigenvalue weighted by Crippen LogP contribution is 2.37. The maximum absolute atomic E-state index is 12.3. The molecule has 29 heavy (non-hydrogen) atoms. The number of ether oxygens (including phenoxy) is 2. The Morgan fingerprint density at radius 1 is 1.03 bits per heavy atom. The molecule has 0 bridgehead atoms. The Bertz CT molecular complexity index is 1070. The highest BCUT2D eigenvalue weighted by atomic mass is 79.9. The predicted molar refractivity (Wildman–Crippen MR) is 119 cm³/mol. The molecule has 152 valence electrons. The molecular weight excluding hydrogens is 432 g/mol. The first kappa shape index (κ1) is 21.3. The molecule has 0 aliphatic carbocycles. The highest BCUT2D eigenvalue weighted by Gasteiger charge is 2.29. The van der Waals surface area contributed by atoms with Crippen LogP contribution in [0.15, 0.2) is 53.0 Å². The molecule has 0 saturated carbocycles. The Morgan fingerprint density at radius 3 is 2.34 bits per heavy atom.